The summed E-state index contributed by atoms with van der Waals surface area (Å²) < 4.78 is 12.0. The van der Waals surface area contributed by atoms with Crippen molar-refractivity contribution in [2.24, 2.45) is 11.1 Å². The van der Waals surface area contributed by atoms with Gasteiger partial charge < -0.3 is 5.73 Å². The second kappa shape index (κ2) is 7.27. The molecule has 4 heteroatoms. The molecule has 0 spiro atoms. The molecule has 1 unspecified atom stereocenters. The smallest absolute Gasteiger partial charge is 0.0529 e. The van der Waals surface area contributed by atoms with Crippen molar-refractivity contribution >= 4 is 22.4 Å². The van der Waals surface area contributed by atoms with Crippen molar-refractivity contribution in [3.8, 4) is 0 Å². The van der Waals surface area contributed by atoms with E-state index in [2.05, 4.69) is 13.8 Å². The van der Waals surface area contributed by atoms with Gasteiger partial charge in [-0.15, -0.1) is 0 Å². The van der Waals surface area contributed by atoms with E-state index in [0.717, 1.165) is 24.2 Å². The lowest BCUT2D eigenvalue weighted by atomic mass is 9.88. The van der Waals surface area contributed by atoms with Crippen molar-refractivity contribution in [2.75, 3.05) is 12.3 Å². The Hall–Kier alpha value is -0.380. The van der Waals surface area contributed by atoms with Gasteiger partial charge in [-0.1, -0.05) is 31.9 Å². The molecule has 1 rings (SSSR count). The Morgan fingerprint density at radius 3 is 2.39 bits per heavy atom. The summed E-state index contributed by atoms with van der Waals surface area (Å²) in [4.78, 5) is 0.859. The van der Waals surface area contributed by atoms with Gasteiger partial charge in [0.05, 0.1) is 10.8 Å². The second-order valence-corrected chi connectivity index (χ2v) is 7.34. The van der Waals surface area contributed by atoms with Crippen molar-refractivity contribution in [1.82, 2.24) is 0 Å². The van der Waals surface area contributed by atoms with Gasteiger partial charge in [-0.3, -0.25) is 4.21 Å². The lowest BCUT2D eigenvalue weighted by Crippen LogP contribution is -2.23. The lowest BCUT2D eigenvalue weighted by Gasteiger charge is -2.21. The highest BCUT2D eigenvalue weighted by Crippen LogP contribution is 2.21. The van der Waals surface area contributed by atoms with Gasteiger partial charge >= 0.3 is 0 Å². The first kappa shape index (κ1) is 15.7. The van der Waals surface area contributed by atoms with Gasteiger partial charge in [0.15, 0.2) is 0 Å². The fraction of sp³-hybridized carbons (Fsp3) is 0.571. The number of nitrogens with two attached hydrogens (primary N) is 1. The predicted octanol–water partition coefficient (Wildman–Crippen LogP) is 3.60. The summed E-state index contributed by atoms with van der Waals surface area (Å²) in [5.41, 5.74) is 5.88. The van der Waals surface area contributed by atoms with Crippen molar-refractivity contribution in [3.05, 3.63) is 29.3 Å². The Bertz CT molecular complexity index is 389. The maximum Gasteiger partial charge on any atom is 0.0529 e. The maximum absolute atomic E-state index is 12.0. The van der Waals surface area contributed by atoms with Crippen LogP contribution in [0.4, 0.5) is 0 Å². The molecule has 1 aromatic rings. The van der Waals surface area contributed by atoms with Crippen LogP contribution in [0.25, 0.3) is 0 Å². The third-order valence-corrected chi connectivity index (χ3v) is 4.77. The summed E-state index contributed by atoms with van der Waals surface area (Å²) in [5.74, 6) is 0.711. The van der Waals surface area contributed by atoms with Gasteiger partial charge in [0.25, 0.3) is 0 Å². The van der Waals surface area contributed by atoms with Crippen LogP contribution in [0.2, 0.25) is 5.02 Å². The number of benzene rings is 1. The van der Waals surface area contributed by atoms with Crippen LogP contribution in [0.5, 0.6) is 0 Å². The first-order valence-electron chi connectivity index (χ1n) is 6.29. The fourth-order valence-electron chi connectivity index (χ4n) is 1.64. The maximum atomic E-state index is 12.0. The number of hydrogen-bond acceptors (Lipinski definition) is 2. The minimum atomic E-state index is -0.912. The summed E-state index contributed by atoms with van der Waals surface area (Å²) in [6, 6.07) is 7.24. The van der Waals surface area contributed by atoms with Crippen molar-refractivity contribution in [2.45, 2.75) is 38.0 Å². The van der Waals surface area contributed by atoms with Gasteiger partial charge in [-0.2, -0.15) is 0 Å². The minimum Gasteiger partial charge on any atom is -0.330 e. The van der Waals surface area contributed by atoms with Crippen LogP contribution in [0.15, 0.2) is 29.2 Å². The van der Waals surface area contributed by atoms with Crippen LogP contribution in [-0.2, 0) is 10.8 Å². The van der Waals surface area contributed by atoms with E-state index in [1.165, 1.54) is 0 Å². The van der Waals surface area contributed by atoms with Gasteiger partial charge in [0.1, 0.15) is 0 Å². The molecule has 1 atom stereocenters. The van der Waals surface area contributed by atoms with Gasteiger partial charge in [0.2, 0.25) is 0 Å². The molecular formula is C14H22ClNOS. The Labute approximate surface area is 117 Å². The quantitative estimate of drug-likeness (QED) is 0.779. The zero-order valence-electron chi connectivity index (χ0n) is 11.1. The highest BCUT2D eigenvalue weighted by atomic mass is 35.5. The predicted molar refractivity (Wildman–Crippen MR) is 79.4 cm³/mol. The van der Waals surface area contributed by atoms with Crippen LogP contribution < -0.4 is 5.73 Å². The van der Waals surface area contributed by atoms with Crippen LogP contribution >= 0.6 is 11.6 Å². The van der Waals surface area contributed by atoms with E-state index >= 15 is 0 Å². The first-order valence-corrected chi connectivity index (χ1v) is 7.98. The van der Waals surface area contributed by atoms with Crippen LogP contribution in [0.3, 0.4) is 0 Å². The minimum absolute atomic E-state index is 0.196. The molecule has 2 N–H and O–H groups in total. The van der Waals surface area contributed by atoms with E-state index in [1.54, 1.807) is 12.1 Å². The summed E-state index contributed by atoms with van der Waals surface area (Å²) in [6.07, 6.45) is 3.13. The molecule has 0 aromatic heterocycles. The third kappa shape index (κ3) is 5.51. The van der Waals surface area contributed by atoms with Crippen LogP contribution in [0.1, 0.15) is 33.1 Å². The van der Waals surface area contributed by atoms with Crippen LogP contribution in [0, 0.1) is 5.41 Å². The molecule has 0 heterocycles. The Balaban J connectivity index is 2.32. The van der Waals surface area contributed by atoms with Crippen molar-refractivity contribution < 1.29 is 4.21 Å². The third-order valence-electron chi connectivity index (χ3n) is 3.06. The monoisotopic (exact) mass is 287 g/mol. The number of hydrogen-bond donors (Lipinski definition) is 1. The molecule has 0 saturated carbocycles. The van der Waals surface area contributed by atoms with E-state index in [9.17, 15) is 4.21 Å². The lowest BCUT2D eigenvalue weighted by molar-refractivity contribution is 0.336. The Morgan fingerprint density at radius 2 is 1.83 bits per heavy atom. The fourth-order valence-corrected chi connectivity index (χ4v) is 2.91. The largest absolute Gasteiger partial charge is 0.330 e. The average Bonchev–Trinajstić information content (AvgIpc) is 2.35. The summed E-state index contributed by atoms with van der Waals surface area (Å²) >= 11 is 5.80. The molecule has 18 heavy (non-hydrogen) atoms. The number of halogens is 1. The first-order chi connectivity index (χ1) is 8.44. The Morgan fingerprint density at radius 1 is 1.22 bits per heavy atom. The molecule has 0 aliphatic rings. The molecule has 0 saturated heterocycles. The van der Waals surface area contributed by atoms with Gasteiger partial charge in [0, 0.05) is 15.7 Å². The number of unbranched alkanes of at least 4 members (excludes halogenated alkanes) is 1. The molecule has 1 aromatic carbocycles. The molecule has 2 nitrogen and oxygen atoms in total. The number of rotatable bonds is 7. The average molecular weight is 288 g/mol. The molecule has 0 aliphatic carbocycles. The molecule has 0 fully saturated rings. The van der Waals surface area contributed by atoms with E-state index in [-0.39, 0.29) is 5.41 Å². The van der Waals surface area contributed by atoms with E-state index < -0.39 is 10.8 Å². The molecule has 0 bridgehead atoms. The summed E-state index contributed by atoms with van der Waals surface area (Å²) in [6.45, 7) is 5.04. The molecule has 102 valence electrons. The Kier molecular flexibility index (Phi) is 6.33. The standard InChI is InChI=1S/C14H22ClNOS/c1-14(2,11-16)9-3-4-10-18(17)13-7-5-12(15)6-8-13/h5-8H,3-4,9-11,16H2,1-2H3. The highest BCUT2D eigenvalue weighted by Gasteiger charge is 2.14. The molecule has 0 amide bonds. The van der Waals surface area contributed by atoms with E-state index in [1.807, 2.05) is 12.1 Å². The van der Waals surface area contributed by atoms with E-state index in [4.69, 9.17) is 17.3 Å². The summed E-state index contributed by atoms with van der Waals surface area (Å²) in [7, 11) is -0.912. The van der Waals surface area contributed by atoms with E-state index in [0.29, 0.717) is 17.3 Å². The summed E-state index contributed by atoms with van der Waals surface area (Å²) in [5, 5.41) is 0.681. The molecule has 0 radical (unpaired) electrons. The topological polar surface area (TPSA) is 43.1 Å². The molecular weight excluding hydrogens is 266 g/mol. The normalized spacial score (nSPS) is 13.6. The highest BCUT2D eigenvalue weighted by molar-refractivity contribution is 7.85. The molecule has 0 aliphatic heterocycles. The van der Waals surface area contributed by atoms with Crippen LogP contribution in [-0.4, -0.2) is 16.5 Å². The SMILES string of the molecule is CC(C)(CN)CCCCS(=O)c1ccc(Cl)cc1. The van der Waals surface area contributed by atoms with Crippen molar-refractivity contribution in [3.63, 3.8) is 0 Å². The zero-order chi connectivity index (χ0) is 13.6. The van der Waals surface area contributed by atoms with Gasteiger partial charge in [-0.05, 0) is 49.1 Å². The van der Waals surface area contributed by atoms with Gasteiger partial charge in [-0.25, -0.2) is 0 Å². The second-order valence-electron chi connectivity index (χ2n) is 5.33. The zero-order valence-corrected chi connectivity index (χ0v) is 12.7. The van der Waals surface area contributed by atoms with Crippen molar-refractivity contribution in [1.29, 1.82) is 0 Å².